The molecule has 0 bridgehead atoms. The molecule has 0 radical (unpaired) electrons. The van der Waals surface area contributed by atoms with Gasteiger partial charge in [0.1, 0.15) is 16.0 Å². The first kappa shape index (κ1) is 37.2. The van der Waals surface area contributed by atoms with Gasteiger partial charge in [0.05, 0.1) is 12.6 Å². The van der Waals surface area contributed by atoms with Crippen molar-refractivity contribution in [2.24, 2.45) is 0 Å². The molecule has 49 heavy (non-hydrogen) atoms. The maximum atomic E-state index is 14.4. The van der Waals surface area contributed by atoms with E-state index < -0.39 is 23.4 Å². The number of imide groups is 1. The molecule has 256 valence electrons. The van der Waals surface area contributed by atoms with Crippen molar-refractivity contribution in [2.45, 2.75) is 60.2 Å². The lowest BCUT2D eigenvalue weighted by atomic mass is 10.0. The highest BCUT2D eigenvalue weighted by Gasteiger charge is 2.41. The fourth-order valence-electron chi connectivity index (χ4n) is 5.43. The highest BCUT2D eigenvalue weighted by molar-refractivity contribution is 8.22. The molecule has 0 aromatic heterocycles. The average Bonchev–Trinajstić information content (AvgIpc) is 3.06. The molecule has 0 atom stereocenters. The molecule has 0 fully saturated rings. The fraction of sp³-hybridized carbons (Fsp3) is 0.282. The number of methoxy groups -OCH3 is 1. The summed E-state index contributed by atoms with van der Waals surface area (Å²) in [6.45, 7) is 11.9. The zero-order valence-electron chi connectivity index (χ0n) is 29.1. The number of thiocarbonyl (C=S) groups is 1. The first-order valence-electron chi connectivity index (χ1n) is 15.9. The van der Waals surface area contributed by atoms with E-state index in [-0.39, 0.29) is 11.5 Å². The lowest BCUT2D eigenvalue weighted by Gasteiger charge is -2.41. The van der Waals surface area contributed by atoms with E-state index in [1.807, 2.05) is 85.5 Å². The third kappa shape index (κ3) is 9.70. The van der Waals surface area contributed by atoms with Crippen molar-refractivity contribution >= 4 is 46.2 Å². The lowest BCUT2D eigenvalue weighted by Crippen LogP contribution is -2.60. The molecule has 0 aliphatic carbocycles. The number of ether oxygens (including phenoxy) is 2. The molecule has 8 nitrogen and oxygen atoms in total. The van der Waals surface area contributed by atoms with Crippen LogP contribution in [0.15, 0.2) is 97.1 Å². The van der Waals surface area contributed by atoms with Gasteiger partial charge in [0.25, 0.3) is 11.8 Å². The van der Waals surface area contributed by atoms with Crippen LogP contribution < -0.4 is 4.74 Å². The summed E-state index contributed by atoms with van der Waals surface area (Å²) in [6.07, 6.45) is -1.01. The van der Waals surface area contributed by atoms with Gasteiger partial charge in [-0.1, -0.05) is 108 Å². The minimum Gasteiger partial charge on any atom is -0.496 e. The van der Waals surface area contributed by atoms with Gasteiger partial charge in [-0.25, -0.2) is 9.80 Å². The van der Waals surface area contributed by atoms with E-state index in [9.17, 15) is 14.4 Å². The van der Waals surface area contributed by atoms with Crippen LogP contribution >= 0.6 is 24.0 Å². The number of hydrogen-bond donors (Lipinski definition) is 0. The monoisotopic (exact) mass is 697 g/mol. The number of amides is 3. The SMILES string of the molecule is COc1cccc(C(=O)N(C(=O)OCSC(=S)N(Cc2ccccc2)Cc2ccccc2)N(C(=O)c2cc(C)cc(C)c2)C(C)(C)C)c1C. The van der Waals surface area contributed by atoms with Crippen LogP contribution in [-0.4, -0.2) is 55.7 Å². The number of carbonyl (C=O) groups is 3. The van der Waals surface area contributed by atoms with Crippen LogP contribution in [0, 0.1) is 20.8 Å². The number of benzene rings is 4. The number of rotatable bonds is 9. The Hall–Kier alpha value is -4.67. The molecule has 0 heterocycles. The highest BCUT2D eigenvalue weighted by atomic mass is 32.2. The number of hydrazine groups is 1. The average molecular weight is 698 g/mol. The molecule has 0 aliphatic heterocycles. The second kappa shape index (κ2) is 16.6. The Labute approximate surface area is 299 Å². The molecule has 0 saturated carbocycles. The number of carbonyl (C=O) groups excluding carboxylic acids is 3. The van der Waals surface area contributed by atoms with Crippen molar-refractivity contribution in [1.82, 2.24) is 14.9 Å². The van der Waals surface area contributed by atoms with Crippen molar-refractivity contribution in [3.05, 3.63) is 136 Å². The van der Waals surface area contributed by atoms with E-state index in [0.717, 1.165) is 27.3 Å². The number of hydrogen-bond acceptors (Lipinski definition) is 7. The molecule has 10 heteroatoms. The maximum absolute atomic E-state index is 14.4. The second-order valence-corrected chi connectivity index (χ2v) is 14.2. The van der Waals surface area contributed by atoms with Gasteiger partial charge >= 0.3 is 6.09 Å². The van der Waals surface area contributed by atoms with Crippen molar-refractivity contribution in [2.75, 3.05) is 13.0 Å². The molecule has 0 aliphatic rings. The van der Waals surface area contributed by atoms with Crippen LogP contribution in [0.4, 0.5) is 4.79 Å². The Morgan fingerprint density at radius 2 is 1.31 bits per heavy atom. The molecule has 4 aromatic rings. The summed E-state index contributed by atoms with van der Waals surface area (Å²) >= 11 is 7.01. The zero-order valence-corrected chi connectivity index (χ0v) is 30.7. The molecular formula is C39H43N3O5S2. The quantitative estimate of drug-likeness (QED) is 0.0977. The summed E-state index contributed by atoms with van der Waals surface area (Å²) in [5.41, 5.74) is 3.95. The van der Waals surface area contributed by atoms with Gasteiger partial charge < -0.3 is 14.4 Å². The van der Waals surface area contributed by atoms with E-state index >= 15 is 0 Å². The summed E-state index contributed by atoms with van der Waals surface area (Å²) < 4.78 is 11.7. The van der Waals surface area contributed by atoms with E-state index in [1.165, 1.54) is 23.9 Å². The summed E-state index contributed by atoms with van der Waals surface area (Å²) in [6, 6.07) is 30.4. The summed E-state index contributed by atoms with van der Waals surface area (Å²) in [5, 5.41) is 1.97. The number of nitrogens with zero attached hydrogens (tertiary/aromatic N) is 3. The lowest BCUT2D eigenvalue weighted by molar-refractivity contribution is -0.0372. The summed E-state index contributed by atoms with van der Waals surface area (Å²) in [4.78, 5) is 44.8. The summed E-state index contributed by atoms with van der Waals surface area (Å²) in [7, 11) is 1.51. The van der Waals surface area contributed by atoms with Gasteiger partial charge in [0, 0.05) is 29.8 Å². The molecule has 0 N–H and O–H groups in total. The second-order valence-electron chi connectivity index (χ2n) is 12.7. The summed E-state index contributed by atoms with van der Waals surface area (Å²) in [5.74, 6) is -0.962. The Balaban J connectivity index is 1.64. The predicted octanol–water partition coefficient (Wildman–Crippen LogP) is 8.73. The molecule has 3 amide bonds. The molecule has 0 saturated heterocycles. The Morgan fingerprint density at radius 1 is 0.755 bits per heavy atom. The Morgan fingerprint density at radius 3 is 1.82 bits per heavy atom. The first-order chi connectivity index (χ1) is 23.3. The van der Waals surface area contributed by atoms with Crippen LogP contribution in [0.2, 0.25) is 0 Å². The maximum Gasteiger partial charge on any atom is 0.437 e. The van der Waals surface area contributed by atoms with Crippen LogP contribution in [0.25, 0.3) is 0 Å². The molecular weight excluding hydrogens is 655 g/mol. The van der Waals surface area contributed by atoms with Crippen LogP contribution in [0.5, 0.6) is 5.75 Å². The first-order valence-corrected chi connectivity index (χ1v) is 17.3. The van der Waals surface area contributed by atoms with E-state index in [2.05, 4.69) is 0 Å². The van der Waals surface area contributed by atoms with E-state index in [4.69, 9.17) is 21.7 Å². The van der Waals surface area contributed by atoms with E-state index in [0.29, 0.717) is 34.3 Å². The Bertz CT molecular complexity index is 1730. The van der Waals surface area contributed by atoms with Crippen molar-refractivity contribution < 1.29 is 23.9 Å². The van der Waals surface area contributed by atoms with Crippen molar-refractivity contribution in [1.29, 1.82) is 0 Å². The topological polar surface area (TPSA) is 79.4 Å². The Kier molecular flexibility index (Phi) is 12.6. The number of aryl methyl sites for hydroxylation is 2. The minimum absolute atomic E-state index is 0.186. The van der Waals surface area contributed by atoms with Crippen molar-refractivity contribution in [3.63, 3.8) is 0 Å². The minimum atomic E-state index is -1.01. The highest BCUT2D eigenvalue weighted by Crippen LogP contribution is 2.28. The van der Waals surface area contributed by atoms with Gasteiger partial charge in [0.2, 0.25) is 0 Å². The number of thioether (sulfide) groups is 1. The van der Waals surface area contributed by atoms with Gasteiger partial charge in [0.15, 0.2) is 0 Å². The van der Waals surface area contributed by atoms with Gasteiger partial charge in [-0.3, -0.25) is 9.59 Å². The largest absolute Gasteiger partial charge is 0.496 e. The predicted molar refractivity (Wildman–Crippen MR) is 199 cm³/mol. The molecule has 4 rings (SSSR count). The van der Waals surface area contributed by atoms with E-state index in [1.54, 1.807) is 58.0 Å². The normalized spacial score (nSPS) is 11.0. The van der Waals surface area contributed by atoms with Gasteiger partial charge in [-0.15, -0.1) is 5.01 Å². The standard InChI is InChI=1S/C39H43N3O5S2/c1-27-21-28(2)23-32(22-27)35(43)42(39(4,5)6)41(36(44)33-19-14-20-34(46-7)29(33)3)37(45)47-26-49-38(48)40(24-30-15-10-8-11-16-30)25-31-17-12-9-13-18-31/h8-23H,24-26H2,1-7H3. The van der Waals surface area contributed by atoms with Gasteiger partial charge in [-0.2, -0.15) is 0 Å². The van der Waals surface area contributed by atoms with Crippen LogP contribution in [0.1, 0.15) is 69.3 Å². The molecule has 0 unspecified atom stereocenters. The van der Waals surface area contributed by atoms with Crippen molar-refractivity contribution in [3.8, 4) is 5.75 Å². The van der Waals surface area contributed by atoms with Gasteiger partial charge in [-0.05, 0) is 76.9 Å². The fourth-order valence-corrected chi connectivity index (χ4v) is 6.27. The molecule has 4 aromatic carbocycles. The third-order valence-corrected chi connectivity index (χ3v) is 9.00. The zero-order chi connectivity index (χ0) is 35.7. The smallest absolute Gasteiger partial charge is 0.437 e. The van der Waals surface area contributed by atoms with Crippen LogP contribution in [-0.2, 0) is 17.8 Å². The molecule has 0 spiro atoms. The third-order valence-electron chi connectivity index (χ3n) is 7.65. The van der Waals surface area contributed by atoms with Crippen LogP contribution in [0.3, 0.4) is 0 Å².